The normalized spacial score (nSPS) is 16.7. The zero-order valence-corrected chi connectivity index (χ0v) is 23.5. The van der Waals surface area contributed by atoms with E-state index in [1.165, 1.54) is 11.8 Å². The topological polar surface area (TPSA) is 74.2 Å². The van der Waals surface area contributed by atoms with Crippen LogP contribution in [-0.2, 0) is 9.59 Å². The molecule has 2 aromatic carbocycles. The van der Waals surface area contributed by atoms with E-state index in [-0.39, 0.29) is 18.2 Å². The lowest BCUT2D eigenvalue weighted by Gasteiger charge is -2.38. The van der Waals surface area contributed by atoms with Crippen LogP contribution in [0.5, 0.6) is 11.5 Å². The van der Waals surface area contributed by atoms with E-state index in [1.807, 2.05) is 90.6 Å². The van der Waals surface area contributed by atoms with Crippen LogP contribution < -0.4 is 10.1 Å². The van der Waals surface area contributed by atoms with E-state index in [4.69, 9.17) is 9.73 Å². The van der Waals surface area contributed by atoms with E-state index in [2.05, 4.69) is 19.2 Å². The van der Waals surface area contributed by atoms with Crippen molar-refractivity contribution in [3.8, 4) is 11.5 Å². The van der Waals surface area contributed by atoms with Gasteiger partial charge in [0.05, 0.1) is 23.7 Å². The summed E-state index contributed by atoms with van der Waals surface area (Å²) in [6.07, 6.45) is 0.210. The zero-order valence-electron chi connectivity index (χ0n) is 22.7. The van der Waals surface area contributed by atoms with E-state index >= 15 is 0 Å². The van der Waals surface area contributed by atoms with Gasteiger partial charge in [0.2, 0.25) is 5.91 Å². The van der Waals surface area contributed by atoms with Crippen LogP contribution in [0.3, 0.4) is 0 Å². The highest BCUT2D eigenvalue weighted by Gasteiger charge is 2.41. The second kappa shape index (κ2) is 12.3. The van der Waals surface area contributed by atoms with Crippen LogP contribution in [0.2, 0.25) is 0 Å². The van der Waals surface area contributed by atoms with Gasteiger partial charge in [-0.05, 0) is 61.9 Å². The molecular formula is C30H36N4O3S. The number of fused-ring (bicyclic) bond motifs is 1. The minimum absolute atomic E-state index is 0.0461. The van der Waals surface area contributed by atoms with Crippen molar-refractivity contribution in [2.24, 2.45) is 10.9 Å². The van der Waals surface area contributed by atoms with Gasteiger partial charge in [0.25, 0.3) is 5.91 Å². The molecule has 0 aliphatic carbocycles. The van der Waals surface area contributed by atoms with Gasteiger partial charge in [0.1, 0.15) is 11.5 Å². The molecule has 8 heteroatoms. The van der Waals surface area contributed by atoms with Crippen molar-refractivity contribution >= 4 is 28.7 Å². The largest absolute Gasteiger partial charge is 0.457 e. The fourth-order valence-corrected chi connectivity index (χ4v) is 5.52. The molecule has 2 aliphatic rings. The Labute approximate surface area is 229 Å². The summed E-state index contributed by atoms with van der Waals surface area (Å²) >= 11 is 1.49. The molecule has 2 aliphatic heterocycles. The SMILES string of the molecule is CCN(CC)C(=O)C1=C(C)N=C2SC=C(CC(=O)NCC(C)C)N2C1c1cccc(Oc2ccccc2)c1. The first kappa shape index (κ1) is 27.5. The summed E-state index contributed by atoms with van der Waals surface area (Å²) in [5, 5.41) is 5.76. The van der Waals surface area contributed by atoms with Crippen molar-refractivity contribution in [3.05, 3.63) is 82.5 Å². The van der Waals surface area contributed by atoms with Gasteiger partial charge in [0.15, 0.2) is 5.17 Å². The van der Waals surface area contributed by atoms with E-state index in [9.17, 15) is 9.59 Å². The minimum atomic E-state index is -0.436. The van der Waals surface area contributed by atoms with Gasteiger partial charge in [-0.2, -0.15) is 0 Å². The molecule has 1 unspecified atom stereocenters. The van der Waals surface area contributed by atoms with Crippen molar-refractivity contribution in [2.45, 2.75) is 47.1 Å². The Morgan fingerprint density at radius 1 is 1.08 bits per heavy atom. The number of aliphatic imine (C=N–C) groups is 1. The number of rotatable bonds is 10. The van der Waals surface area contributed by atoms with E-state index < -0.39 is 6.04 Å². The molecule has 1 atom stereocenters. The first-order chi connectivity index (χ1) is 18.3. The Balaban J connectivity index is 1.74. The number of carbonyl (C=O) groups excluding carboxylic acids is 2. The van der Waals surface area contributed by atoms with Gasteiger partial charge in [-0.1, -0.05) is 55.9 Å². The summed E-state index contributed by atoms with van der Waals surface area (Å²) in [7, 11) is 0. The quantitative estimate of drug-likeness (QED) is 0.401. The van der Waals surface area contributed by atoms with Gasteiger partial charge < -0.3 is 19.9 Å². The van der Waals surface area contributed by atoms with Crippen molar-refractivity contribution in [1.82, 2.24) is 15.1 Å². The second-order valence-electron chi connectivity index (χ2n) is 9.73. The van der Waals surface area contributed by atoms with Gasteiger partial charge in [-0.3, -0.25) is 9.59 Å². The maximum Gasteiger partial charge on any atom is 0.254 e. The van der Waals surface area contributed by atoms with E-state index in [0.717, 1.165) is 22.2 Å². The summed E-state index contributed by atoms with van der Waals surface area (Å²) in [5.41, 5.74) is 3.03. The third-order valence-corrected chi connectivity index (χ3v) is 7.37. The standard InChI is InChI=1S/C30H36N4O3S/c1-6-33(7-2)29(36)27-21(5)32-30-34(23(19-38-30)17-26(35)31-18-20(3)4)28(27)22-12-11-15-25(16-22)37-24-13-9-8-10-14-24/h8-16,19-20,28H,6-7,17-18H2,1-5H3,(H,31,35). The molecule has 0 spiro atoms. The Kier molecular flexibility index (Phi) is 8.94. The minimum Gasteiger partial charge on any atom is -0.457 e. The maximum atomic E-state index is 13.9. The third-order valence-electron chi connectivity index (χ3n) is 6.48. The summed E-state index contributed by atoms with van der Waals surface area (Å²) in [6, 6.07) is 17.0. The summed E-state index contributed by atoms with van der Waals surface area (Å²) in [6.45, 7) is 11.8. The molecule has 2 heterocycles. The zero-order chi connectivity index (χ0) is 27.2. The first-order valence-corrected chi connectivity index (χ1v) is 14.0. The summed E-state index contributed by atoms with van der Waals surface area (Å²) in [4.78, 5) is 35.4. The Morgan fingerprint density at radius 2 is 1.79 bits per heavy atom. The number of likely N-dealkylation sites (N-methyl/N-ethyl adjacent to an activating group) is 1. The van der Waals surface area contributed by atoms with Crippen molar-refractivity contribution in [3.63, 3.8) is 0 Å². The molecule has 0 fully saturated rings. The lowest BCUT2D eigenvalue weighted by Crippen LogP contribution is -2.42. The van der Waals surface area contributed by atoms with Crippen LogP contribution in [0.1, 0.15) is 52.6 Å². The molecule has 2 aromatic rings. The number of para-hydroxylation sites is 1. The van der Waals surface area contributed by atoms with Gasteiger partial charge in [-0.25, -0.2) is 4.99 Å². The van der Waals surface area contributed by atoms with Crippen LogP contribution in [0.15, 0.2) is 82.0 Å². The Morgan fingerprint density at radius 3 is 2.47 bits per heavy atom. The molecule has 0 radical (unpaired) electrons. The van der Waals surface area contributed by atoms with E-state index in [1.54, 1.807) is 0 Å². The molecule has 0 saturated heterocycles. The van der Waals surface area contributed by atoms with Crippen LogP contribution in [0, 0.1) is 5.92 Å². The lowest BCUT2D eigenvalue weighted by molar-refractivity contribution is -0.127. The Hall–Kier alpha value is -3.52. The number of thioether (sulfide) groups is 1. The number of hydrogen-bond donors (Lipinski definition) is 1. The average molecular weight is 533 g/mol. The number of amidine groups is 1. The fraction of sp³-hybridized carbons (Fsp3) is 0.367. The number of carbonyl (C=O) groups is 2. The number of hydrogen-bond acceptors (Lipinski definition) is 6. The van der Waals surface area contributed by atoms with Crippen molar-refractivity contribution < 1.29 is 14.3 Å². The van der Waals surface area contributed by atoms with Crippen molar-refractivity contribution in [2.75, 3.05) is 19.6 Å². The van der Waals surface area contributed by atoms with E-state index in [0.29, 0.717) is 42.6 Å². The third kappa shape index (κ3) is 6.13. The summed E-state index contributed by atoms with van der Waals surface area (Å²) in [5.74, 6) is 1.68. The second-order valence-corrected chi connectivity index (χ2v) is 10.6. The molecule has 1 N–H and O–H groups in total. The van der Waals surface area contributed by atoms with Gasteiger partial charge >= 0.3 is 0 Å². The summed E-state index contributed by atoms with van der Waals surface area (Å²) < 4.78 is 6.14. The number of nitrogens with one attached hydrogen (secondary N) is 1. The number of benzene rings is 2. The Bertz CT molecular complexity index is 1270. The molecule has 38 heavy (non-hydrogen) atoms. The smallest absolute Gasteiger partial charge is 0.254 e. The molecule has 4 rings (SSSR count). The fourth-order valence-electron chi connectivity index (χ4n) is 4.56. The first-order valence-electron chi connectivity index (χ1n) is 13.2. The number of ether oxygens (including phenoxy) is 1. The molecule has 7 nitrogen and oxygen atoms in total. The number of nitrogens with zero attached hydrogens (tertiary/aromatic N) is 3. The average Bonchev–Trinajstić information content (AvgIpc) is 3.29. The number of allylic oxidation sites excluding steroid dienone is 1. The molecule has 0 saturated carbocycles. The van der Waals surface area contributed by atoms with Crippen molar-refractivity contribution in [1.29, 1.82) is 0 Å². The predicted octanol–water partition coefficient (Wildman–Crippen LogP) is 6.08. The van der Waals surface area contributed by atoms with Crippen LogP contribution in [0.4, 0.5) is 0 Å². The number of amides is 2. The molecular weight excluding hydrogens is 496 g/mol. The monoisotopic (exact) mass is 532 g/mol. The molecule has 0 aromatic heterocycles. The lowest BCUT2D eigenvalue weighted by atomic mass is 9.92. The van der Waals surface area contributed by atoms with Crippen LogP contribution >= 0.6 is 11.8 Å². The molecule has 0 bridgehead atoms. The van der Waals surface area contributed by atoms with Crippen LogP contribution in [-0.4, -0.2) is 46.4 Å². The molecule has 200 valence electrons. The highest BCUT2D eigenvalue weighted by molar-refractivity contribution is 8.16. The molecule has 2 amide bonds. The van der Waals surface area contributed by atoms with Gasteiger partial charge in [-0.15, -0.1) is 0 Å². The highest BCUT2D eigenvalue weighted by atomic mass is 32.2. The maximum absolute atomic E-state index is 13.9. The predicted molar refractivity (Wildman–Crippen MR) is 154 cm³/mol. The van der Waals surface area contributed by atoms with Crippen LogP contribution in [0.25, 0.3) is 0 Å². The highest BCUT2D eigenvalue weighted by Crippen LogP contribution is 2.45. The van der Waals surface area contributed by atoms with Gasteiger partial charge in [0, 0.05) is 25.3 Å².